The molecule has 2 aliphatic rings. The molecular formula is C29H31N5O6. The quantitative estimate of drug-likeness (QED) is 0.445. The first-order valence-electron chi connectivity index (χ1n) is 13.2. The Labute approximate surface area is 231 Å². The lowest BCUT2D eigenvalue weighted by Crippen LogP contribution is -2.60. The van der Waals surface area contributed by atoms with Crippen molar-refractivity contribution in [1.29, 1.82) is 0 Å². The molecule has 0 spiro atoms. The summed E-state index contributed by atoms with van der Waals surface area (Å²) in [7, 11) is 0. The van der Waals surface area contributed by atoms with Crippen molar-refractivity contribution in [3.05, 3.63) is 78.8 Å². The summed E-state index contributed by atoms with van der Waals surface area (Å²) < 4.78 is 11.0. The fourth-order valence-corrected chi connectivity index (χ4v) is 4.78. The monoisotopic (exact) mass is 545 g/mol. The van der Waals surface area contributed by atoms with Crippen LogP contribution in [0.1, 0.15) is 17.0 Å². The minimum Gasteiger partial charge on any atom is -0.459 e. The van der Waals surface area contributed by atoms with Gasteiger partial charge >= 0.3 is 0 Å². The number of amides is 4. The Hall–Kier alpha value is -4.64. The van der Waals surface area contributed by atoms with Gasteiger partial charge < -0.3 is 29.6 Å². The number of furan rings is 1. The number of carbonyl (C=O) groups excluding carboxylic acids is 4. The van der Waals surface area contributed by atoms with Crippen molar-refractivity contribution in [2.75, 3.05) is 51.1 Å². The van der Waals surface area contributed by atoms with Crippen LogP contribution in [0.2, 0.25) is 0 Å². The highest BCUT2D eigenvalue weighted by Crippen LogP contribution is 2.23. The first-order chi connectivity index (χ1) is 19.5. The fourth-order valence-electron chi connectivity index (χ4n) is 4.78. The van der Waals surface area contributed by atoms with E-state index in [1.807, 2.05) is 35.2 Å². The highest BCUT2D eigenvalue weighted by atomic mass is 16.5. The summed E-state index contributed by atoms with van der Waals surface area (Å²) in [6, 6.07) is 18.7. The van der Waals surface area contributed by atoms with Crippen molar-refractivity contribution in [1.82, 2.24) is 20.0 Å². The zero-order valence-electron chi connectivity index (χ0n) is 22.0. The third-order valence-electron chi connectivity index (χ3n) is 6.90. The molecule has 3 aromatic rings. The number of hydrogen-bond acceptors (Lipinski definition) is 7. The zero-order chi connectivity index (χ0) is 27.9. The molecule has 0 bridgehead atoms. The molecule has 40 heavy (non-hydrogen) atoms. The van der Waals surface area contributed by atoms with E-state index in [9.17, 15) is 19.2 Å². The topological polar surface area (TPSA) is 124 Å². The summed E-state index contributed by atoms with van der Waals surface area (Å²) in [6.07, 6.45) is 1.30. The molecule has 1 unspecified atom stereocenters. The summed E-state index contributed by atoms with van der Waals surface area (Å²) in [6.45, 7) is 2.74. The molecule has 0 aliphatic carbocycles. The van der Waals surface area contributed by atoms with Crippen LogP contribution in [-0.4, -0.2) is 90.2 Å². The number of para-hydroxylation sites is 1. The molecule has 2 saturated heterocycles. The van der Waals surface area contributed by atoms with Gasteiger partial charge in [-0.3, -0.25) is 24.1 Å². The molecule has 1 atom stereocenters. The van der Waals surface area contributed by atoms with Crippen molar-refractivity contribution in [2.24, 2.45) is 0 Å². The predicted octanol–water partition coefficient (Wildman–Crippen LogP) is 2.19. The molecule has 4 amide bonds. The summed E-state index contributed by atoms with van der Waals surface area (Å²) in [5.41, 5.74) is 0.557. The van der Waals surface area contributed by atoms with Crippen molar-refractivity contribution >= 4 is 29.3 Å². The Bertz CT molecular complexity index is 1320. The molecule has 1 aromatic heterocycles. The maximum absolute atomic E-state index is 13.2. The summed E-state index contributed by atoms with van der Waals surface area (Å²) in [5.74, 6) is 0.502. The maximum Gasteiger partial charge on any atom is 0.289 e. The van der Waals surface area contributed by atoms with E-state index >= 15 is 0 Å². The Kier molecular flexibility index (Phi) is 8.41. The van der Waals surface area contributed by atoms with E-state index in [0.29, 0.717) is 62.2 Å². The SMILES string of the molecule is O=C(CC1C(=O)NCCN1C(=O)CN1CCN(C(=O)c2ccco2)CC1)Nc1ccc(Oc2ccccc2)cc1. The predicted molar refractivity (Wildman–Crippen MR) is 146 cm³/mol. The Morgan fingerprint density at radius 3 is 2.33 bits per heavy atom. The number of hydrogen-bond donors (Lipinski definition) is 2. The van der Waals surface area contributed by atoms with E-state index in [2.05, 4.69) is 10.6 Å². The highest BCUT2D eigenvalue weighted by Gasteiger charge is 2.35. The first kappa shape index (κ1) is 26.9. The van der Waals surface area contributed by atoms with Crippen LogP contribution < -0.4 is 15.4 Å². The van der Waals surface area contributed by atoms with Crippen LogP contribution in [0.5, 0.6) is 11.5 Å². The second-order valence-corrected chi connectivity index (χ2v) is 9.63. The van der Waals surface area contributed by atoms with Crippen LogP contribution in [0.4, 0.5) is 5.69 Å². The molecule has 208 valence electrons. The number of benzene rings is 2. The third kappa shape index (κ3) is 6.67. The lowest BCUT2D eigenvalue weighted by Gasteiger charge is -2.38. The van der Waals surface area contributed by atoms with E-state index in [1.54, 1.807) is 41.3 Å². The fraction of sp³-hybridized carbons (Fsp3) is 0.310. The Balaban J connectivity index is 1.12. The van der Waals surface area contributed by atoms with Gasteiger partial charge in [0.25, 0.3) is 5.91 Å². The number of nitrogens with one attached hydrogen (secondary N) is 2. The van der Waals surface area contributed by atoms with Gasteiger partial charge in [-0.2, -0.15) is 0 Å². The molecule has 2 N–H and O–H groups in total. The number of nitrogens with zero attached hydrogens (tertiary/aromatic N) is 3. The smallest absolute Gasteiger partial charge is 0.289 e. The van der Waals surface area contributed by atoms with Gasteiger partial charge in [-0.25, -0.2) is 0 Å². The van der Waals surface area contributed by atoms with E-state index < -0.39 is 6.04 Å². The molecule has 0 radical (unpaired) electrons. The molecule has 2 fully saturated rings. The lowest BCUT2D eigenvalue weighted by atomic mass is 10.1. The van der Waals surface area contributed by atoms with Crippen LogP contribution in [0.15, 0.2) is 77.4 Å². The van der Waals surface area contributed by atoms with Crippen molar-refractivity contribution in [3.63, 3.8) is 0 Å². The average molecular weight is 546 g/mol. The number of anilines is 1. The average Bonchev–Trinajstić information content (AvgIpc) is 3.51. The van der Waals surface area contributed by atoms with Crippen molar-refractivity contribution in [3.8, 4) is 11.5 Å². The Morgan fingerprint density at radius 1 is 0.900 bits per heavy atom. The van der Waals surface area contributed by atoms with Gasteiger partial charge in [0.05, 0.1) is 19.2 Å². The minimum atomic E-state index is -0.899. The van der Waals surface area contributed by atoms with E-state index in [1.165, 1.54) is 11.2 Å². The van der Waals surface area contributed by atoms with Crippen LogP contribution in [0.25, 0.3) is 0 Å². The Morgan fingerprint density at radius 2 is 1.62 bits per heavy atom. The normalized spacial score (nSPS) is 17.7. The molecule has 11 nitrogen and oxygen atoms in total. The molecule has 2 aromatic carbocycles. The molecule has 0 saturated carbocycles. The largest absolute Gasteiger partial charge is 0.459 e. The number of rotatable bonds is 8. The van der Waals surface area contributed by atoms with E-state index in [4.69, 9.17) is 9.15 Å². The molecule has 3 heterocycles. The van der Waals surface area contributed by atoms with Gasteiger partial charge in [0.2, 0.25) is 17.7 Å². The number of piperazine rings is 2. The van der Waals surface area contributed by atoms with Crippen LogP contribution >= 0.6 is 0 Å². The maximum atomic E-state index is 13.2. The van der Waals surface area contributed by atoms with Gasteiger partial charge in [-0.15, -0.1) is 0 Å². The number of carbonyl (C=O) groups is 4. The summed E-state index contributed by atoms with van der Waals surface area (Å²) in [5, 5.41) is 5.56. The van der Waals surface area contributed by atoms with Gasteiger partial charge in [0.15, 0.2) is 5.76 Å². The summed E-state index contributed by atoms with van der Waals surface area (Å²) in [4.78, 5) is 56.4. The second kappa shape index (κ2) is 12.5. The summed E-state index contributed by atoms with van der Waals surface area (Å²) >= 11 is 0. The third-order valence-corrected chi connectivity index (χ3v) is 6.90. The van der Waals surface area contributed by atoms with Crippen LogP contribution in [0.3, 0.4) is 0 Å². The van der Waals surface area contributed by atoms with Crippen LogP contribution in [0, 0.1) is 0 Å². The first-order valence-corrected chi connectivity index (χ1v) is 13.2. The molecule has 11 heteroatoms. The molecule has 5 rings (SSSR count). The lowest BCUT2D eigenvalue weighted by molar-refractivity contribution is -0.145. The van der Waals surface area contributed by atoms with Crippen molar-refractivity contribution in [2.45, 2.75) is 12.5 Å². The van der Waals surface area contributed by atoms with Gasteiger partial charge in [0, 0.05) is 45.0 Å². The van der Waals surface area contributed by atoms with E-state index in [0.717, 1.165) is 0 Å². The highest BCUT2D eigenvalue weighted by molar-refractivity contribution is 5.97. The zero-order valence-corrected chi connectivity index (χ0v) is 22.0. The van der Waals surface area contributed by atoms with Gasteiger partial charge in [-0.05, 0) is 48.5 Å². The van der Waals surface area contributed by atoms with Crippen molar-refractivity contribution < 1.29 is 28.3 Å². The standard InChI is InChI=1S/C29H31N5O6/c35-26(31-21-8-10-23(11-9-21)40-22-5-2-1-3-6-22)19-24-28(37)30-12-13-34(24)27(36)20-32-14-16-33(17-15-32)29(38)25-7-4-18-39-25/h1-11,18,24H,12-17,19-20H2,(H,30,37)(H,31,35). The van der Waals surface area contributed by atoms with Gasteiger partial charge in [0.1, 0.15) is 17.5 Å². The van der Waals surface area contributed by atoms with E-state index in [-0.39, 0.29) is 36.6 Å². The molecular weight excluding hydrogens is 514 g/mol. The number of ether oxygens (including phenoxy) is 1. The van der Waals surface area contributed by atoms with Crippen LogP contribution in [-0.2, 0) is 14.4 Å². The molecule has 2 aliphatic heterocycles. The minimum absolute atomic E-state index is 0.108. The van der Waals surface area contributed by atoms with Gasteiger partial charge in [-0.1, -0.05) is 18.2 Å². The second-order valence-electron chi connectivity index (χ2n) is 9.63.